The third kappa shape index (κ3) is 3.89. The zero-order chi connectivity index (χ0) is 20.4. The molecule has 28 heavy (non-hydrogen) atoms. The van der Waals surface area contributed by atoms with Gasteiger partial charge >= 0.3 is 12.1 Å². The maximum absolute atomic E-state index is 12.5. The number of carboxylic acid groups (broad SMARTS) is 1. The minimum atomic E-state index is -1.29. The van der Waals surface area contributed by atoms with Crippen LogP contribution in [0.2, 0.25) is 0 Å². The lowest BCUT2D eigenvalue weighted by atomic mass is 10.0. The van der Waals surface area contributed by atoms with Crippen molar-refractivity contribution in [2.45, 2.75) is 17.8 Å². The summed E-state index contributed by atoms with van der Waals surface area (Å²) in [4.78, 5) is 52.7. The number of carbonyl (C=O) groups excluding carboxylic acids is 3. The minimum absolute atomic E-state index is 0.0261. The van der Waals surface area contributed by atoms with Gasteiger partial charge in [-0.1, -0.05) is 0 Å². The van der Waals surface area contributed by atoms with Gasteiger partial charge in [0.15, 0.2) is 5.13 Å². The third-order valence-corrected chi connectivity index (χ3v) is 6.12. The number of carbonyl (C=O) groups is 4. The molecule has 1 aromatic rings. The molecule has 3 rings (SSSR count). The molecule has 0 aliphatic carbocycles. The van der Waals surface area contributed by atoms with Crippen LogP contribution in [0.5, 0.6) is 0 Å². The summed E-state index contributed by atoms with van der Waals surface area (Å²) >= 11 is 2.50. The van der Waals surface area contributed by atoms with Crippen LogP contribution in [0.3, 0.4) is 0 Å². The second-order valence-electron chi connectivity index (χ2n) is 5.89. The van der Waals surface area contributed by atoms with Gasteiger partial charge in [0.05, 0.1) is 12.1 Å². The number of nitrogens with one attached hydrogen (secondary N) is 2. The molecule has 3 amide bonds. The Morgan fingerprint density at radius 1 is 1.46 bits per heavy atom. The summed E-state index contributed by atoms with van der Waals surface area (Å²) in [5.41, 5.74) is 6.13. The molecule has 0 saturated carbocycles. The molecule has 1 aromatic heterocycles. The topological polar surface area (TPSA) is 164 Å². The summed E-state index contributed by atoms with van der Waals surface area (Å²) < 4.78 is 4.91. The molecule has 13 heteroatoms. The van der Waals surface area contributed by atoms with Crippen LogP contribution in [0.4, 0.5) is 9.93 Å². The predicted octanol–water partition coefficient (Wildman–Crippen LogP) is -0.638. The molecule has 3 heterocycles. The van der Waals surface area contributed by atoms with Gasteiger partial charge in [-0.3, -0.25) is 14.5 Å². The average molecular weight is 427 g/mol. The second-order valence-corrected chi connectivity index (χ2v) is 7.89. The molecule has 2 atom stereocenters. The Hall–Kier alpha value is -2.80. The molecule has 1 fully saturated rings. The van der Waals surface area contributed by atoms with Gasteiger partial charge in [-0.15, -0.1) is 23.1 Å². The van der Waals surface area contributed by atoms with E-state index in [9.17, 15) is 24.3 Å². The fourth-order valence-corrected chi connectivity index (χ4v) is 4.70. The van der Waals surface area contributed by atoms with E-state index in [0.29, 0.717) is 16.4 Å². The first kappa shape index (κ1) is 19.9. The summed E-state index contributed by atoms with van der Waals surface area (Å²) in [5.74, 6) is -1.98. The molecule has 2 aliphatic rings. The Kier molecular flexibility index (Phi) is 5.74. The van der Waals surface area contributed by atoms with Crippen LogP contribution in [-0.4, -0.2) is 69.7 Å². The Morgan fingerprint density at radius 3 is 2.82 bits per heavy atom. The van der Waals surface area contributed by atoms with Crippen LogP contribution < -0.4 is 16.4 Å². The zero-order valence-corrected chi connectivity index (χ0v) is 16.3. The largest absolute Gasteiger partial charge is 0.477 e. The molecular formula is C15H17N5O6S2. The van der Waals surface area contributed by atoms with Crippen LogP contribution >= 0.6 is 23.1 Å². The molecule has 150 valence electrons. The highest BCUT2D eigenvalue weighted by molar-refractivity contribution is 8.00. The molecular weight excluding hydrogens is 410 g/mol. The standard InChI is InChI=1S/C15H17N5O6S2/c1-17-15(25)26-3-6-4-27-12-9(11(22)20(12)10(6)13(23)24)19-8(21)2-7-5-28-14(16)18-7/h5,9,12H,2-4H2,1H3,(H2,16,18)(H,17,25)(H,19,21)(H,23,24)/t9-,12-/m1/s1. The molecule has 0 unspecified atom stereocenters. The monoisotopic (exact) mass is 427 g/mol. The Bertz CT molecular complexity index is 869. The van der Waals surface area contributed by atoms with Crippen molar-refractivity contribution in [3.63, 3.8) is 0 Å². The number of amides is 3. The third-order valence-electron chi connectivity index (χ3n) is 4.06. The van der Waals surface area contributed by atoms with Crippen molar-refractivity contribution in [1.82, 2.24) is 20.5 Å². The average Bonchev–Trinajstić information content (AvgIpc) is 3.07. The van der Waals surface area contributed by atoms with Crippen LogP contribution in [0.15, 0.2) is 16.7 Å². The first-order valence-electron chi connectivity index (χ1n) is 8.05. The van der Waals surface area contributed by atoms with Crippen molar-refractivity contribution in [2.24, 2.45) is 0 Å². The van der Waals surface area contributed by atoms with Gasteiger partial charge in [-0.05, 0) is 0 Å². The maximum atomic E-state index is 12.5. The molecule has 1 saturated heterocycles. The van der Waals surface area contributed by atoms with Crippen molar-refractivity contribution in [2.75, 3.05) is 25.1 Å². The number of alkyl carbamates (subject to hydrolysis) is 1. The lowest BCUT2D eigenvalue weighted by molar-refractivity contribution is -0.150. The van der Waals surface area contributed by atoms with Crippen LogP contribution in [0.1, 0.15) is 5.69 Å². The zero-order valence-electron chi connectivity index (χ0n) is 14.6. The number of β-lactam (4-membered cyclic amide) rings is 1. The van der Waals surface area contributed by atoms with E-state index in [1.54, 1.807) is 5.38 Å². The number of ether oxygens (including phenoxy) is 1. The van der Waals surface area contributed by atoms with E-state index in [2.05, 4.69) is 15.6 Å². The van der Waals surface area contributed by atoms with E-state index in [4.69, 9.17) is 10.5 Å². The molecule has 0 spiro atoms. The number of carboxylic acids is 1. The number of thiazole rings is 1. The summed E-state index contributed by atoms with van der Waals surface area (Å²) in [7, 11) is 1.38. The molecule has 2 aliphatic heterocycles. The number of rotatable bonds is 6. The fraction of sp³-hybridized carbons (Fsp3) is 0.400. The number of nitrogens with zero attached hydrogens (tertiary/aromatic N) is 2. The highest BCUT2D eigenvalue weighted by atomic mass is 32.2. The van der Waals surface area contributed by atoms with Crippen molar-refractivity contribution in [3.05, 3.63) is 22.3 Å². The summed E-state index contributed by atoms with van der Waals surface area (Å²) in [6.45, 7) is -0.243. The highest BCUT2D eigenvalue weighted by Gasteiger charge is 2.54. The normalized spacial score (nSPS) is 20.9. The summed E-state index contributed by atoms with van der Waals surface area (Å²) in [6.07, 6.45) is -0.728. The maximum Gasteiger partial charge on any atom is 0.407 e. The van der Waals surface area contributed by atoms with Crippen LogP contribution in [0, 0.1) is 0 Å². The molecule has 11 nitrogen and oxygen atoms in total. The number of aromatic nitrogens is 1. The van der Waals surface area contributed by atoms with Crippen LogP contribution in [-0.2, 0) is 25.5 Å². The van der Waals surface area contributed by atoms with Gasteiger partial charge < -0.3 is 26.2 Å². The molecule has 0 aromatic carbocycles. The number of nitrogen functional groups attached to an aromatic ring is 1. The van der Waals surface area contributed by atoms with Gasteiger partial charge in [0.25, 0.3) is 5.91 Å². The molecule has 0 radical (unpaired) electrons. The van der Waals surface area contributed by atoms with Crippen molar-refractivity contribution in [1.29, 1.82) is 0 Å². The SMILES string of the molecule is CNC(=O)OCC1=C(C(=O)O)N2C(=O)[C@@H](NC(=O)Cc3csc(N)n3)[C@H]2SC1. The Morgan fingerprint density at radius 2 is 2.21 bits per heavy atom. The summed E-state index contributed by atoms with van der Waals surface area (Å²) in [6, 6.07) is -0.829. The fourth-order valence-electron chi connectivity index (χ4n) is 2.81. The van der Waals surface area contributed by atoms with Gasteiger partial charge in [0, 0.05) is 23.8 Å². The Balaban J connectivity index is 1.67. The minimum Gasteiger partial charge on any atom is -0.477 e. The number of aliphatic carboxylic acids is 1. The lowest BCUT2D eigenvalue weighted by Gasteiger charge is -2.49. The smallest absolute Gasteiger partial charge is 0.407 e. The van der Waals surface area contributed by atoms with E-state index < -0.39 is 35.3 Å². The number of hydrogen-bond acceptors (Lipinski definition) is 9. The van der Waals surface area contributed by atoms with Crippen molar-refractivity contribution < 1.29 is 29.0 Å². The van der Waals surface area contributed by atoms with Gasteiger partial charge in [-0.25, -0.2) is 14.6 Å². The first-order chi connectivity index (χ1) is 13.3. The number of anilines is 1. The molecule has 5 N–H and O–H groups in total. The number of fused-ring (bicyclic) bond motifs is 1. The predicted molar refractivity (Wildman–Crippen MR) is 100 cm³/mol. The van der Waals surface area contributed by atoms with Crippen molar-refractivity contribution in [3.8, 4) is 0 Å². The first-order valence-corrected chi connectivity index (χ1v) is 9.98. The Labute approximate surface area is 167 Å². The van der Waals surface area contributed by atoms with E-state index in [0.717, 1.165) is 4.90 Å². The summed E-state index contributed by atoms with van der Waals surface area (Å²) in [5, 5.41) is 15.9. The van der Waals surface area contributed by atoms with E-state index in [1.165, 1.54) is 30.1 Å². The van der Waals surface area contributed by atoms with Crippen LogP contribution in [0.25, 0.3) is 0 Å². The van der Waals surface area contributed by atoms with Crippen molar-refractivity contribution >= 4 is 52.1 Å². The van der Waals surface area contributed by atoms with E-state index in [1.807, 2.05) is 0 Å². The van der Waals surface area contributed by atoms with E-state index >= 15 is 0 Å². The lowest BCUT2D eigenvalue weighted by Crippen LogP contribution is -2.70. The van der Waals surface area contributed by atoms with Gasteiger partial charge in [0.2, 0.25) is 5.91 Å². The second kappa shape index (κ2) is 8.06. The number of thioether (sulfide) groups is 1. The number of nitrogens with two attached hydrogens (primary N) is 1. The highest BCUT2D eigenvalue weighted by Crippen LogP contribution is 2.40. The molecule has 0 bridgehead atoms. The van der Waals surface area contributed by atoms with E-state index in [-0.39, 0.29) is 24.5 Å². The van der Waals surface area contributed by atoms with Gasteiger partial charge in [-0.2, -0.15) is 0 Å². The van der Waals surface area contributed by atoms with Gasteiger partial charge in [0.1, 0.15) is 23.7 Å². The quantitative estimate of drug-likeness (QED) is 0.432. The number of hydrogen-bond donors (Lipinski definition) is 4.